The van der Waals surface area contributed by atoms with Crippen LogP contribution < -0.4 is 74.2 Å². The predicted octanol–water partition coefficient (Wildman–Crippen LogP) is -2.92. The number of carbonyl (C=O) groups excluding carboxylic acids is 2. The van der Waals surface area contributed by atoms with Gasteiger partial charge in [-0.1, -0.05) is 57.8 Å². The van der Waals surface area contributed by atoms with Gasteiger partial charge in [-0.25, -0.2) is 0 Å². The van der Waals surface area contributed by atoms with Crippen LogP contribution in [0.2, 0.25) is 0 Å². The van der Waals surface area contributed by atoms with Gasteiger partial charge in [0, 0.05) is 47.1 Å². The number of hydrogen-bond donors (Lipinski definition) is 2. The van der Waals surface area contributed by atoms with Crippen LogP contribution in [0.15, 0.2) is 0 Å². The van der Waals surface area contributed by atoms with Crippen molar-refractivity contribution >= 4 is 19.7 Å². The molecule has 0 aromatic rings. The van der Waals surface area contributed by atoms with E-state index in [4.69, 9.17) is 9.84 Å². The SMILES string of the molecule is CC#CC#CC#CC#CNC(C)=O.CCCCCCCCCCC(=O)O[C@@H](COCO)COP(=O)([O-])[O-].[HH].[HH].[HH].[HH].[HH].[HH].[HH].[Na+].[Na+]. The van der Waals surface area contributed by atoms with E-state index in [0.717, 1.165) is 19.3 Å². The van der Waals surface area contributed by atoms with Crippen molar-refractivity contribution in [3.63, 3.8) is 0 Å². The predicted molar refractivity (Wildman–Crippen MR) is 149 cm³/mol. The molecule has 0 aromatic carbocycles. The Morgan fingerprint density at radius 3 is 1.97 bits per heavy atom. The van der Waals surface area contributed by atoms with Crippen molar-refractivity contribution in [1.82, 2.24) is 5.32 Å². The molecule has 0 aliphatic heterocycles. The summed E-state index contributed by atoms with van der Waals surface area (Å²) in [6.45, 7) is 3.76. The third-order valence-corrected chi connectivity index (χ3v) is 4.55. The second-order valence-electron chi connectivity index (χ2n) is 7.39. The van der Waals surface area contributed by atoms with Gasteiger partial charge in [-0.2, -0.15) is 0 Å². The van der Waals surface area contributed by atoms with Gasteiger partial charge in [-0.15, -0.1) is 0 Å². The molecule has 0 saturated heterocycles. The molecule has 0 aliphatic carbocycles. The van der Waals surface area contributed by atoms with E-state index in [1.54, 1.807) is 6.92 Å². The number of amides is 1. The number of esters is 1. The van der Waals surface area contributed by atoms with Gasteiger partial charge in [0.25, 0.3) is 0 Å². The number of hydrogen-bond acceptors (Lipinski definition) is 9. The van der Waals surface area contributed by atoms with Crippen LogP contribution in [0.3, 0.4) is 0 Å². The van der Waals surface area contributed by atoms with Crippen molar-refractivity contribution in [2.45, 2.75) is 84.7 Å². The topological polar surface area (TPSA) is 157 Å². The van der Waals surface area contributed by atoms with E-state index in [9.17, 15) is 23.9 Å². The minimum Gasteiger partial charge on any atom is -0.790 e. The Balaban J connectivity index is -0.0000000548. The molecule has 2 N–H and O–H groups in total. The Morgan fingerprint density at radius 2 is 1.46 bits per heavy atom. The molecule has 0 aliphatic rings. The molecule has 0 spiro atoms. The summed E-state index contributed by atoms with van der Waals surface area (Å²) in [5, 5.41) is 10.8. The third-order valence-electron chi connectivity index (χ3n) is 4.08. The first-order chi connectivity index (χ1) is 17.7. The largest absolute Gasteiger partial charge is 1.00 e. The van der Waals surface area contributed by atoms with E-state index >= 15 is 0 Å². The van der Waals surface area contributed by atoms with Crippen molar-refractivity contribution in [1.29, 1.82) is 0 Å². The van der Waals surface area contributed by atoms with E-state index in [1.165, 1.54) is 32.6 Å². The minimum absolute atomic E-state index is 0. The molecule has 0 fully saturated rings. The number of aliphatic hydroxyl groups excluding tert-OH is 1. The summed E-state index contributed by atoms with van der Waals surface area (Å²) in [6, 6.07) is 2.35. The fourth-order valence-electron chi connectivity index (χ4n) is 2.46. The first-order valence-electron chi connectivity index (χ1n) is 11.9. The smallest absolute Gasteiger partial charge is 0.790 e. The Hall–Kier alpha value is -0.790. The summed E-state index contributed by atoms with van der Waals surface area (Å²) in [6.07, 6.45) is 7.90. The number of ether oxygens (including phenoxy) is 2. The molecule has 39 heavy (non-hydrogen) atoms. The first-order valence-corrected chi connectivity index (χ1v) is 13.3. The molecule has 0 saturated carbocycles. The standard InChI is InChI=1S/C15H31O8P.C11H7NO.2Na.7H2/c1-2-3-4-5-6-7-8-9-10-15(17)23-14(11-21-13-16)12-22-24(18,19)20;1-3-4-5-6-7-8-9-10-12-11(2)13;;;;;;;;;/h14,16H,2-13H2,1H3,(H2,18,19,20);1-2H3,(H,12,13);;;7*1H/q;;2*+1;;;;;;;/p-2/t14-;;;;;;;;;;/m0........../s1. The minimum atomic E-state index is -5.15. The fraction of sp³-hybridized carbons (Fsp3) is 0.615. The Bertz CT molecular complexity index is 970. The number of phosphoric acid groups is 1. The van der Waals surface area contributed by atoms with Gasteiger partial charge < -0.3 is 33.5 Å². The van der Waals surface area contributed by atoms with E-state index in [0.29, 0.717) is 6.42 Å². The molecule has 220 valence electrons. The summed E-state index contributed by atoms with van der Waals surface area (Å²) < 4.78 is 24.2. The summed E-state index contributed by atoms with van der Waals surface area (Å²) in [4.78, 5) is 42.9. The van der Waals surface area contributed by atoms with Gasteiger partial charge in [-0.05, 0) is 31.1 Å². The average Bonchev–Trinajstić information content (AvgIpc) is 2.84. The molecule has 0 heterocycles. The number of rotatable bonds is 16. The Labute approximate surface area is 287 Å². The first kappa shape index (κ1) is 45.2. The number of carbonyl (C=O) groups is 2. The number of unbranched alkanes of at least 4 members (excludes halogenated alkanes) is 7. The summed E-state index contributed by atoms with van der Waals surface area (Å²) >= 11 is 0. The van der Waals surface area contributed by atoms with Gasteiger partial charge in [0.2, 0.25) is 5.91 Å². The van der Waals surface area contributed by atoms with Crippen molar-refractivity contribution in [2.75, 3.05) is 20.0 Å². The maximum atomic E-state index is 11.7. The Kier molecular flexibility index (Phi) is 38.7. The maximum absolute atomic E-state index is 11.7. The van der Waals surface area contributed by atoms with Crippen molar-refractivity contribution < 1.29 is 112 Å². The summed E-state index contributed by atoms with van der Waals surface area (Å²) in [5.74, 6) is 16.7. The van der Waals surface area contributed by atoms with E-state index in [2.05, 4.69) is 69.0 Å². The van der Waals surface area contributed by atoms with Gasteiger partial charge in [0.05, 0.1) is 21.0 Å². The molecule has 0 radical (unpaired) electrons. The molecule has 1 atom stereocenters. The zero-order valence-corrected chi connectivity index (χ0v) is 28.6. The average molecular weight is 598 g/mol. The van der Waals surface area contributed by atoms with Crippen LogP contribution in [-0.2, 0) is 28.2 Å². The molecule has 0 rings (SSSR count). The zero-order chi connectivity index (χ0) is 28.2. The van der Waals surface area contributed by atoms with E-state index in [-0.39, 0.29) is 88.0 Å². The van der Waals surface area contributed by atoms with Crippen molar-refractivity contribution in [2.24, 2.45) is 0 Å². The third kappa shape index (κ3) is 41.8. The molecule has 0 bridgehead atoms. The van der Waals surface area contributed by atoms with Gasteiger partial charge in [0.1, 0.15) is 12.9 Å². The number of nitrogens with one attached hydrogen (secondary N) is 1. The van der Waals surface area contributed by atoms with Crippen LogP contribution in [-0.4, -0.2) is 43.1 Å². The van der Waals surface area contributed by atoms with Crippen LogP contribution in [0.25, 0.3) is 0 Å². The number of phosphoric ester groups is 1. The van der Waals surface area contributed by atoms with Crippen molar-refractivity contribution in [3.8, 4) is 47.5 Å². The molecule has 10 nitrogen and oxygen atoms in total. The van der Waals surface area contributed by atoms with E-state index < -0.39 is 33.3 Å². The molecule has 13 heteroatoms. The zero-order valence-electron chi connectivity index (χ0n) is 23.7. The molecule has 1 amide bonds. The summed E-state index contributed by atoms with van der Waals surface area (Å²) in [7, 11) is -5.15. The fourth-order valence-corrected chi connectivity index (χ4v) is 2.81. The number of aliphatic hydroxyl groups is 1. The van der Waals surface area contributed by atoms with Crippen molar-refractivity contribution in [3.05, 3.63) is 0 Å². The van der Waals surface area contributed by atoms with Crippen LogP contribution in [0.5, 0.6) is 0 Å². The quantitative estimate of drug-likeness (QED) is 0.0362. The van der Waals surface area contributed by atoms with Crippen LogP contribution >= 0.6 is 7.82 Å². The second kappa shape index (κ2) is 33.4. The molecule has 0 unspecified atom stereocenters. The van der Waals surface area contributed by atoms with Gasteiger partial charge >= 0.3 is 65.1 Å². The molecular weight excluding hydrogens is 547 g/mol. The van der Waals surface area contributed by atoms with E-state index in [1.807, 2.05) is 0 Å². The van der Waals surface area contributed by atoms with Crippen LogP contribution in [0.1, 0.15) is 88.5 Å². The van der Waals surface area contributed by atoms with Crippen LogP contribution in [0, 0.1) is 47.5 Å². The molecule has 0 aromatic heterocycles. The van der Waals surface area contributed by atoms with Gasteiger partial charge in [0.15, 0.2) is 0 Å². The van der Waals surface area contributed by atoms with Crippen LogP contribution in [0.4, 0.5) is 0 Å². The molecular formula is C26H50NNa2O9P. The normalized spacial score (nSPS) is 9.69. The maximum Gasteiger partial charge on any atom is 1.00 e. The van der Waals surface area contributed by atoms with Gasteiger partial charge in [-0.3, -0.25) is 14.9 Å². The monoisotopic (exact) mass is 597 g/mol. The summed E-state index contributed by atoms with van der Waals surface area (Å²) in [5.41, 5.74) is 0. The second-order valence-corrected chi connectivity index (χ2v) is 8.54. The Morgan fingerprint density at radius 1 is 0.923 bits per heavy atom.